The van der Waals surface area contributed by atoms with Gasteiger partial charge in [-0.1, -0.05) is 26.2 Å². The molecule has 2 rings (SSSR count). The first-order valence-corrected chi connectivity index (χ1v) is 8.92. The molecule has 21 heavy (non-hydrogen) atoms. The number of rotatable bonds is 5. The summed E-state index contributed by atoms with van der Waals surface area (Å²) < 4.78 is 26.1. The van der Waals surface area contributed by atoms with Gasteiger partial charge in [-0.15, -0.1) is 0 Å². The minimum atomic E-state index is -3.44. The van der Waals surface area contributed by atoms with Crippen molar-refractivity contribution in [3.63, 3.8) is 0 Å². The van der Waals surface area contributed by atoms with E-state index in [0.29, 0.717) is 12.2 Å². The van der Waals surface area contributed by atoms with Gasteiger partial charge in [0.2, 0.25) is 15.9 Å². The third-order valence-electron chi connectivity index (χ3n) is 3.74. The van der Waals surface area contributed by atoms with Crippen molar-refractivity contribution >= 4 is 21.6 Å². The van der Waals surface area contributed by atoms with Gasteiger partial charge in [-0.05, 0) is 37.1 Å². The summed E-state index contributed by atoms with van der Waals surface area (Å²) in [7, 11) is -3.44. The number of sulfonamides is 1. The lowest BCUT2D eigenvalue weighted by Crippen LogP contribution is -2.25. The molecule has 6 heteroatoms. The van der Waals surface area contributed by atoms with Crippen LogP contribution >= 0.6 is 0 Å². The lowest BCUT2D eigenvalue weighted by Gasteiger charge is -2.20. The molecule has 0 aromatic heterocycles. The Morgan fingerprint density at radius 1 is 1.14 bits per heavy atom. The molecule has 0 bridgehead atoms. The van der Waals surface area contributed by atoms with Crippen molar-refractivity contribution in [1.82, 2.24) is 4.72 Å². The smallest absolute Gasteiger partial charge is 0.240 e. The van der Waals surface area contributed by atoms with Crippen LogP contribution in [-0.2, 0) is 14.8 Å². The third-order valence-corrected chi connectivity index (χ3v) is 5.30. The SMILES string of the molecule is CCNS(=O)(=O)c1ccc(NC(=O)C2CCCCC2)cc1. The van der Waals surface area contributed by atoms with E-state index in [9.17, 15) is 13.2 Å². The molecule has 0 radical (unpaired) electrons. The Morgan fingerprint density at radius 3 is 2.33 bits per heavy atom. The van der Waals surface area contributed by atoms with Crippen LogP contribution in [0.5, 0.6) is 0 Å². The van der Waals surface area contributed by atoms with Crippen molar-refractivity contribution in [3.8, 4) is 0 Å². The van der Waals surface area contributed by atoms with Crippen molar-refractivity contribution in [2.24, 2.45) is 5.92 Å². The van der Waals surface area contributed by atoms with Gasteiger partial charge in [-0.2, -0.15) is 0 Å². The second-order valence-corrected chi connectivity index (χ2v) is 7.12. The van der Waals surface area contributed by atoms with Crippen LogP contribution in [0.4, 0.5) is 5.69 Å². The molecule has 1 amide bonds. The van der Waals surface area contributed by atoms with Gasteiger partial charge in [0, 0.05) is 18.2 Å². The summed E-state index contributed by atoms with van der Waals surface area (Å²) in [5.74, 6) is 0.126. The van der Waals surface area contributed by atoms with Crippen molar-refractivity contribution in [3.05, 3.63) is 24.3 Å². The number of hydrogen-bond acceptors (Lipinski definition) is 3. The van der Waals surface area contributed by atoms with Crippen LogP contribution in [0.15, 0.2) is 29.2 Å². The minimum absolute atomic E-state index is 0.0389. The summed E-state index contributed by atoms with van der Waals surface area (Å²) in [5.41, 5.74) is 0.640. The molecular weight excluding hydrogens is 288 g/mol. The zero-order valence-corrected chi connectivity index (χ0v) is 13.1. The Kier molecular flexibility index (Phi) is 5.36. The van der Waals surface area contributed by atoms with E-state index in [2.05, 4.69) is 10.0 Å². The van der Waals surface area contributed by atoms with Crippen molar-refractivity contribution in [2.45, 2.75) is 43.9 Å². The molecule has 0 saturated heterocycles. The number of nitrogens with one attached hydrogen (secondary N) is 2. The number of carbonyl (C=O) groups excluding carboxylic acids is 1. The summed E-state index contributed by atoms with van der Waals surface area (Å²) >= 11 is 0. The largest absolute Gasteiger partial charge is 0.326 e. The number of carbonyl (C=O) groups is 1. The maximum atomic E-state index is 12.1. The third kappa shape index (κ3) is 4.28. The van der Waals surface area contributed by atoms with Crippen molar-refractivity contribution in [2.75, 3.05) is 11.9 Å². The summed E-state index contributed by atoms with van der Waals surface area (Å²) in [6.07, 6.45) is 5.31. The lowest BCUT2D eigenvalue weighted by molar-refractivity contribution is -0.120. The van der Waals surface area contributed by atoms with Crippen LogP contribution in [0.3, 0.4) is 0 Å². The fourth-order valence-electron chi connectivity index (χ4n) is 2.60. The first-order valence-electron chi connectivity index (χ1n) is 7.43. The fourth-order valence-corrected chi connectivity index (χ4v) is 3.64. The van der Waals surface area contributed by atoms with E-state index in [4.69, 9.17) is 0 Å². The summed E-state index contributed by atoms with van der Waals surface area (Å²) in [6, 6.07) is 6.28. The molecular formula is C15H22N2O3S. The monoisotopic (exact) mass is 310 g/mol. The summed E-state index contributed by atoms with van der Waals surface area (Å²) in [5, 5.41) is 2.87. The molecule has 0 aliphatic heterocycles. The van der Waals surface area contributed by atoms with Gasteiger partial charge in [0.1, 0.15) is 0 Å². The van der Waals surface area contributed by atoms with Gasteiger partial charge in [-0.25, -0.2) is 13.1 Å². The highest BCUT2D eigenvalue weighted by atomic mass is 32.2. The van der Waals surface area contributed by atoms with Crippen molar-refractivity contribution < 1.29 is 13.2 Å². The quantitative estimate of drug-likeness (QED) is 0.877. The molecule has 0 spiro atoms. The van der Waals surface area contributed by atoms with E-state index in [0.717, 1.165) is 25.7 Å². The normalized spacial score (nSPS) is 16.6. The molecule has 1 fully saturated rings. The van der Waals surface area contributed by atoms with Gasteiger partial charge in [0.15, 0.2) is 0 Å². The molecule has 0 unspecified atom stereocenters. The van der Waals surface area contributed by atoms with E-state index in [-0.39, 0.29) is 16.7 Å². The Hall–Kier alpha value is -1.40. The number of hydrogen-bond donors (Lipinski definition) is 2. The van der Waals surface area contributed by atoms with E-state index in [1.54, 1.807) is 19.1 Å². The average Bonchev–Trinajstić information content (AvgIpc) is 2.48. The minimum Gasteiger partial charge on any atom is -0.326 e. The molecule has 1 aromatic carbocycles. The van der Waals surface area contributed by atoms with Gasteiger partial charge < -0.3 is 5.32 Å². The molecule has 5 nitrogen and oxygen atoms in total. The molecule has 0 atom stereocenters. The maximum absolute atomic E-state index is 12.1. The molecule has 2 N–H and O–H groups in total. The van der Waals surface area contributed by atoms with Gasteiger partial charge in [0.05, 0.1) is 4.90 Å². The Morgan fingerprint density at radius 2 is 1.76 bits per heavy atom. The van der Waals surface area contributed by atoms with Crippen LogP contribution in [0.2, 0.25) is 0 Å². The molecule has 1 aliphatic carbocycles. The van der Waals surface area contributed by atoms with E-state index >= 15 is 0 Å². The average molecular weight is 310 g/mol. The van der Waals surface area contributed by atoms with Crippen LogP contribution in [0, 0.1) is 5.92 Å². The topological polar surface area (TPSA) is 75.3 Å². The number of amides is 1. The van der Waals surface area contributed by atoms with Crippen molar-refractivity contribution in [1.29, 1.82) is 0 Å². The first-order chi connectivity index (χ1) is 10.0. The second-order valence-electron chi connectivity index (χ2n) is 5.35. The van der Waals surface area contributed by atoms with E-state index < -0.39 is 10.0 Å². The molecule has 0 heterocycles. The molecule has 1 aliphatic rings. The predicted molar refractivity (Wildman–Crippen MR) is 82.5 cm³/mol. The standard InChI is InChI=1S/C15H22N2O3S/c1-2-16-21(19,20)14-10-8-13(9-11-14)17-15(18)12-6-4-3-5-7-12/h8-12,16H,2-7H2,1H3,(H,17,18). The van der Waals surface area contributed by atoms with Gasteiger partial charge in [-0.3, -0.25) is 4.79 Å². The van der Waals surface area contributed by atoms with E-state index in [1.165, 1.54) is 18.6 Å². The summed E-state index contributed by atoms with van der Waals surface area (Å²) in [4.78, 5) is 12.3. The summed E-state index contributed by atoms with van der Waals surface area (Å²) in [6.45, 7) is 2.08. The van der Waals surface area contributed by atoms with Gasteiger partial charge >= 0.3 is 0 Å². The van der Waals surface area contributed by atoms with Crippen LogP contribution in [0.1, 0.15) is 39.0 Å². The predicted octanol–water partition coefficient (Wildman–Crippen LogP) is 2.50. The number of anilines is 1. The van der Waals surface area contributed by atoms with Crippen LogP contribution in [-0.4, -0.2) is 20.9 Å². The van der Waals surface area contributed by atoms with Crippen LogP contribution in [0.25, 0.3) is 0 Å². The zero-order chi connectivity index (χ0) is 15.3. The zero-order valence-electron chi connectivity index (χ0n) is 12.3. The molecule has 1 aromatic rings. The fraction of sp³-hybridized carbons (Fsp3) is 0.533. The van der Waals surface area contributed by atoms with Gasteiger partial charge in [0.25, 0.3) is 0 Å². The Labute approximate surface area is 126 Å². The highest BCUT2D eigenvalue weighted by Gasteiger charge is 2.21. The maximum Gasteiger partial charge on any atom is 0.240 e. The first kappa shape index (κ1) is 16.0. The Bertz CT molecular complexity index is 575. The lowest BCUT2D eigenvalue weighted by atomic mass is 9.88. The number of benzene rings is 1. The highest BCUT2D eigenvalue weighted by molar-refractivity contribution is 7.89. The molecule has 1 saturated carbocycles. The highest BCUT2D eigenvalue weighted by Crippen LogP contribution is 2.25. The Balaban J connectivity index is 2.00. The molecule has 116 valence electrons. The van der Waals surface area contributed by atoms with E-state index in [1.807, 2.05) is 0 Å². The second kappa shape index (κ2) is 7.04. The van der Waals surface area contributed by atoms with Crippen LogP contribution < -0.4 is 10.0 Å².